The molecule has 1 N–H and O–H groups in total. The van der Waals surface area contributed by atoms with E-state index >= 15 is 0 Å². The van der Waals surface area contributed by atoms with Gasteiger partial charge in [-0.05, 0) is 32.8 Å². The van der Waals surface area contributed by atoms with E-state index in [4.69, 9.17) is 9.84 Å². The molecule has 2 heterocycles. The second-order valence-electron chi connectivity index (χ2n) is 5.51. The smallest absolute Gasteiger partial charge is 0.410 e. The number of hydrogen-bond acceptors (Lipinski definition) is 4. The molecule has 1 aliphatic rings. The van der Waals surface area contributed by atoms with E-state index in [9.17, 15) is 9.59 Å². The molecule has 0 saturated carbocycles. The van der Waals surface area contributed by atoms with Gasteiger partial charge in [0.15, 0.2) is 0 Å². The fraction of sp³-hybridized carbons (Fsp3) is 0.538. The molecule has 0 atom stereocenters. The summed E-state index contributed by atoms with van der Waals surface area (Å²) in [5.74, 6) is -0.900. The van der Waals surface area contributed by atoms with Crippen molar-refractivity contribution in [3.63, 3.8) is 0 Å². The van der Waals surface area contributed by atoms with Crippen molar-refractivity contribution in [2.45, 2.75) is 39.3 Å². The van der Waals surface area contributed by atoms with Crippen LogP contribution in [0.3, 0.4) is 0 Å². The summed E-state index contributed by atoms with van der Waals surface area (Å²) in [6, 6.07) is 0. The molecule has 0 unspecified atom stereocenters. The van der Waals surface area contributed by atoms with E-state index < -0.39 is 11.6 Å². The maximum atomic E-state index is 12.0. The van der Waals surface area contributed by atoms with Crippen LogP contribution in [-0.2, 0) is 38.8 Å². The molecule has 5 nitrogen and oxygen atoms in total. The number of carbonyl (C=O) groups is 2. The summed E-state index contributed by atoms with van der Waals surface area (Å²) in [4.78, 5) is 25.6. The SMILES string of the molecule is CC(C)(C)OC(=O)N1CCc2c(C(=O)O)csc2C1.[W]. The van der Waals surface area contributed by atoms with Crippen molar-refractivity contribution >= 4 is 23.4 Å². The largest absolute Gasteiger partial charge is 0.478 e. The van der Waals surface area contributed by atoms with Gasteiger partial charge in [-0.2, -0.15) is 0 Å². The molecule has 1 aliphatic heterocycles. The number of carbonyl (C=O) groups excluding carboxylic acids is 1. The molecule has 0 spiro atoms. The zero-order chi connectivity index (χ0) is 14.2. The van der Waals surface area contributed by atoms with Gasteiger partial charge in [0.1, 0.15) is 5.60 Å². The van der Waals surface area contributed by atoms with Crippen LogP contribution in [0.1, 0.15) is 41.6 Å². The van der Waals surface area contributed by atoms with E-state index in [1.54, 1.807) is 10.3 Å². The topological polar surface area (TPSA) is 66.8 Å². The van der Waals surface area contributed by atoms with Gasteiger partial charge in [-0.15, -0.1) is 11.3 Å². The molecule has 1 aromatic rings. The number of carboxylic acid groups (broad SMARTS) is 1. The van der Waals surface area contributed by atoms with Crippen LogP contribution in [0.4, 0.5) is 4.79 Å². The summed E-state index contributed by atoms with van der Waals surface area (Å²) in [7, 11) is 0. The number of nitrogens with zero attached hydrogens (tertiary/aromatic N) is 1. The van der Waals surface area contributed by atoms with Crippen LogP contribution in [0.25, 0.3) is 0 Å². The molecule has 2 rings (SSSR count). The maximum absolute atomic E-state index is 12.0. The van der Waals surface area contributed by atoms with Gasteiger partial charge >= 0.3 is 12.1 Å². The minimum atomic E-state index is -0.900. The third-order valence-corrected chi connectivity index (χ3v) is 3.84. The second kappa shape index (κ2) is 6.27. The fourth-order valence-corrected chi connectivity index (χ4v) is 3.08. The summed E-state index contributed by atoms with van der Waals surface area (Å²) < 4.78 is 5.32. The molecule has 1 amide bonds. The van der Waals surface area contributed by atoms with Crippen molar-refractivity contribution in [3.8, 4) is 0 Å². The molecule has 0 bridgehead atoms. The summed E-state index contributed by atoms with van der Waals surface area (Å²) >= 11 is 1.39. The van der Waals surface area contributed by atoms with Gasteiger partial charge in [0, 0.05) is 37.9 Å². The summed E-state index contributed by atoms with van der Waals surface area (Å²) in [5, 5.41) is 10.7. The quantitative estimate of drug-likeness (QED) is 0.690. The number of amides is 1. The van der Waals surface area contributed by atoms with Crippen molar-refractivity contribution in [1.82, 2.24) is 4.90 Å². The molecular formula is C13H17NO4SW. The van der Waals surface area contributed by atoms with Crippen LogP contribution in [-0.4, -0.2) is 34.2 Å². The normalized spacial score (nSPS) is 14.2. The number of rotatable bonds is 1. The molecule has 7 heteroatoms. The minimum absolute atomic E-state index is 0. The van der Waals surface area contributed by atoms with Gasteiger partial charge in [-0.3, -0.25) is 0 Å². The molecule has 0 aromatic carbocycles. The van der Waals surface area contributed by atoms with Crippen LogP contribution in [0.15, 0.2) is 5.38 Å². The Morgan fingerprint density at radius 1 is 1.40 bits per heavy atom. The second-order valence-corrected chi connectivity index (χ2v) is 6.47. The first-order valence-electron chi connectivity index (χ1n) is 6.08. The molecule has 1 aromatic heterocycles. The Labute approximate surface area is 136 Å². The Balaban J connectivity index is 0.00000200. The summed E-state index contributed by atoms with van der Waals surface area (Å²) in [6.07, 6.45) is 0.225. The van der Waals surface area contributed by atoms with Crippen molar-refractivity contribution in [3.05, 3.63) is 21.4 Å². The maximum Gasteiger partial charge on any atom is 0.410 e. The summed E-state index contributed by atoms with van der Waals surface area (Å²) in [5.41, 5.74) is 0.708. The van der Waals surface area contributed by atoms with Crippen molar-refractivity contribution in [2.24, 2.45) is 0 Å². The third-order valence-electron chi connectivity index (χ3n) is 2.83. The monoisotopic (exact) mass is 467 g/mol. The predicted octanol–water partition coefficient (Wildman–Crippen LogP) is 2.74. The van der Waals surface area contributed by atoms with Gasteiger partial charge in [0.25, 0.3) is 0 Å². The van der Waals surface area contributed by atoms with Gasteiger partial charge in [0.05, 0.1) is 12.1 Å². The van der Waals surface area contributed by atoms with Gasteiger partial charge in [0.2, 0.25) is 0 Å². The first-order valence-corrected chi connectivity index (χ1v) is 6.96. The number of aromatic carboxylic acids is 1. The van der Waals surface area contributed by atoms with Gasteiger partial charge in [-0.25, -0.2) is 9.59 Å². The van der Waals surface area contributed by atoms with E-state index in [1.807, 2.05) is 20.8 Å². The Kier molecular flexibility index (Phi) is 5.38. The van der Waals surface area contributed by atoms with E-state index in [0.29, 0.717) is 25.1 Å². The van der Waals surface area contributed by atoms with Gasteiger partial charge in [-0.1, -0.05) is 0 Å². The van der Waals surface area contributed by atoms with E-state index in [-0.39, 0.29) is 27.2 Å². The van der Waals surface area contributed by atoms with Gasteiger partial charge < -0.3 is 14.7 Å². The average Bonchev–Trinajstić information content (AvgIpc) is 2.68. The van der Waals surface area contributed by atoms with E-state index in [2.05, 4.69) is 0 Å². The molecule has 0 saturated heterocycles. The Morgan fingerprint density at radius 3 is 2.60 bits per heavy atom. The minimum Gasteiger partial charge on any atom is -0.478 e. The van der Waals surface area contributed by atoms with E-state index in [0.717, 1.165) is 10.4 Å². The first-order chi connectivity index (χ1) is 8.78. The standard InChI is InChI=1S/C13H17NO4S.W/c1-13(2,3)18-12(17)14-5-4-8-9(11(15)16)7-19-10(8)6-14;/h7H,4-6H2,1-3H3,(H,15,16);. The van der Waals surface area contributed by atoms with Crippen LogP contribution >= 0.6 is 11.3 Å². The first kappa shape index (κ1) is 17.2. The van der Waals surface area contributed by atoms with Crippen molar-refractivity contribution in [2.75, 3.05) is 6.54 Å². The zero-order valence-corrected chi connectivity index (χ0v) is 15.4. The Hall–Kier alpha value is -0.872. The van der Waals surface area contributed by atoms with E-state index in [1.165, 1.54) is 11.3 Å². The molecule has 0 aliphatic carbocycles. The van der Waals surface area contributed by atoms with Crippen LogP contribution in [0, 0.1) is 0 Å². The molecule has 20 heavy (non-hydrogen) atoms. The number of hydrogen-bond donors (Lipinski definition) is 1. The number of carboxylic acids is 1. The number of thiophene rings is 1. The van der Waals surface area contributed by atoms with Crippen LogP contribution in [0.5, 0.6) is 0 Å². The molecule has 0 radical (unpaired) electrons. The predicted molar refractivity (Wildman–Crippen MR) is 71.6 cm³/mol. The average molecular weight is 467 g/mol. The number of ether oxygens (including phenoxy) is 1. The molecular weight excluding hydrogens is 450 g/mol. The third kappa shape index (κ3) is 3.83. The fourth-order valence-electron chi connectivity index (χ4n) is 1.99. The van der Waals surface area contributed by atoms with Crippen LogP contribution in [0.2, 0.25) is 0 Å². The molecule has 110 valence electrons. The van der Waals surface area contributed by atoms with Crippen LogP contribution < -0.4 is 0 Å². The Morgan fingerprint density at radius 2 is 2.05 bits per heavy atom. The zero-order valence-electron chi connectivity index (χ0n) is 11.6. The molecule has 0 fully saturated rings. The van der Waals surface area contributed by atoms with Crippen molar-refractivity contribution in [1.29, 1.82) is 0 Å². The van der Waals surface area contributed by atoms with Crippen molar-refractivity contribution < 1.29 is 40.5 Å². The number of fused-ring (bicyclic) bond motifs is 1. The summed E-state index contributed by atoms with van der Waals surface area (Å²) in [6.45, 7) is 6.41. The Bertz CT molecular complexity index is 521.